The molecule has 0 N–H and O–H groups in total. The second-order valence-electron chi connectivity index (χ2n) is 5.14. The van der Waals surface area contributed by atoms with Gasteiger partial charge >= 0.3 is 8.80 Å². The first-order chi connectivity index (χ1) is 9.24. The lowest BCUT2D eigenvalue weighted by molar-refractivity contribution is -0.608. The van der Waals surface area contributed by atoms with E-state index >= 15 is 0 Å². The van der Waals surface area contributed by atoms with Crippen LogP contribution in [0.5, 0.6) is 0 Å². The molecular weight excluding hydrogens is 258 g/mol. The number of rotatable bonds is 10. The summed E-state index contributed by atoms with van der Waals surface area (Å²) in [5, 5.41) is 0. The highest BCUT2D eigenvalue weighted by atomic mass is 28.4. The van der Waals surface area contributed by atoms with Crippen LogP contribution in [0.4, 0.5) is 0 Å². The molecule has 112 valence electrons. The number of unbranched alkanes of at least 4 members (excludes halogenated alkanes) is 5. The lowest BCUT2D eigenvalue weighted by atomic mass is 10.1. The van der Waals surface area contributed by atoms with Crippen LogP contribution < -0.4 is 0 Å². The Balaban J connectivity index is 2.38. The van der Waals surface area contributed by atoms with Gasteiger partial charge in [0, 0.05) is 27.8 Å². The molecule has 4 nitrogen and oxygen atoms in total. The van der Waals surface area contributed by atoms with Gasteiger partial charge < -0.3 is 13.3 Å². The summed E-state index contributed by atoms with van der Waals surface area (Å²) in [5.41, 5.74) is 0.308. The SMILES string of the molecule is CCCCCCC/C=[N+]1\CCC1[Si](OC)(OC)OC. The van der Waals surface area contributed by atoms with Gasteiger partial charge in [0.25, 0.3) is 0 Å². The minimum atomic E-state index is -2.48. The van der Waals surface area contributed by atoms with Gasteiger partial charge in [-0.1, -0.05) is 32.6 Å². The molecular formula is C14H30NO3Si+. The van der Waals surface area contributed by atoms with Crippen molar-refractivity contribution in [1.82, 2.24) is 0 Å². The fourth-order valence-corrected chi connectivity index (χ4v) is 5.11. The highest BCUT2D eigenvalue weighted by Gasteiger charge is 2.59. The van der Waals surface area contributed by atoms with Gasteiger partial charge in [-0.25, -0.2) is 4.58 Å². The standard InChI is InChI=1S/C14H30NO3Si/c1-5-6-7-8-9-10-12-15-13-11-14(15)19(16-2,17-3)18-4/h12,14H,5-11,13H2,1-4H3/q+1/b15-12+. The number of hydrogen-bond donors (Lipinski definition) is 0. The fourth-order valence-electron chi connectivity index (χ4n) is 2.67. The van der Waals surface area contributed by atoms with Gasteiger partial charge in [0.15, 0.2) is 0 Å². The summed E-state index contributed by atoms with van der Waals surface area (Å²) in [4.78, 5) is 0. The molecule has 1 rings (SSSR count). The minimum absolute atomic E-state index is 0.308. The van der Waals surface area contributed by atoms with Gasteiger partial charge in [-0.2, -0.15) is 0 Å². The van der Waals surface area contributed by atoms with E-state index in [1.165, 1.54) is 32.1 Å². The first-order valence-electron chi connectivity index (χ1n) is 7.48. The Kier molecular flexibility index (Phi) is 7.83. The Morgan fingerprint density at radius 3 is 2.16 bits per heavy atom. The molecule has 0 radical (unpaired) electrons. The van der Waals surface area contributed by atoms with Crippen molar-refractivity contribution in [2.45, 2.75) is 57.5 Å². The topological polar surface area (TPSA) is 30.7 Å². The molecule has 19 heavy (non-hydrogen) atoms. The summed E-state index contributed by atoms with van der Waals surface area (Å²) >= 11 is 0. The van der Waals surface area contributed by atoms with Crippen molar-refractivity contribution >= 4 is 15.0 Å². The van der Waals surface area contributed by atoms with Crippen LogP contribution in [-0.4, -0.2) is 53.1 Å². The molecule has 0 amide bonds. The molecule has 0 aromatic rings. The molecule has 1 atom stereocenters. The molecule has 1 aliphatic heterocycles. The van der Waals surface area contributed by atoms with Gasteiger partial charge in [-0.15, -0.1) is 0 Å². The van der Waals surface area contributed by atoms with E-state index in [1.54, 1.807) is 21.3 Å². The fraction of sp³-hybridized carbons (Fsp3) is 0.929. The molecule has 1 saturated heterocycles. The Morgan fingerprint density at radius 1 is 1.05 bits per heavy atom. The van der Waals surface area contributed by atoms with Crippen molar-refractivity contribution in [3.05, 3.63) is 0 Å². The van der Waals surface area contributed by atoms with Crippen LogP contribution in [0.3, 0.4) is 0 Å². The summed E-state index contributed by atoms with van der Waals surface area (Å²) in [7, 11) is 2.60. The Hall–Kier alpha value is -0.233. The summed E-state index contributed by atoms with van der Waals surface area (Å²) in [6.45, 7) is 3.35. The molecule has 1 unspecified atom stereocenters. The van der Waals surface area contributed by atoms with Crippen LogP contribution in [0, 0.1) is 0 Å². The average Bonchev–Trinajstić information content (AvgIpc) is 2.42. The van der Waals surface area contributed by atoms with Crippen LogP contribution in [0.1, 0.15) is 51.9 Å². The van der Waals surface area contributed by atoms with E-state index in [1.807, 2.05) is 0 Å². The molecule has 0 saturated carbocycles. The van der Waals surface area contributed by atoms with E-state index in [2.05, 4.69) is 17.7 Å². The molecule has 0 bridgehead atoms. The summed E-state index contributed by atoms with van der Waals surface area (Å²) in [6.07, 6.45) is 11.2. The zero-order valence-corrected chi connectivity index (χ0v) is 14.0. The van der Waals surface area contributed by atoms with Crippen LogP contribution >= 0.6 is 0 Å². The predicted molar refractivity (Wildman–Crippen MR) is 79.8 cm³/mol. The van der Waals surface area contributed by atoms with Crippen molar-refractivity contribution in [3.8, 4) is 0 Å². The van der Waals surface area contributed by atoms with E-state index in [9.17, 15) is 0 Å². The van der Waals surface area contributed by atoms with Gasteiger partial charge in [0.1, 0.15) is 12.8 Å². The second kappa shape index (κ2) is 8.84. The maximum atomic E-state index is 5.56. The van der Waals surface area contributed by atoms with Crippen molar-refractivity contribution in [2.24, 2.45) is 0 Å². The largest absolute Gasteiger partial charge is 0.572 e. The van der Waals surface area contributed by atoms with Crippen LogP contribution in [0.25, 0.3) is 0 Å². The van der Waals surface area contributed by atoms with Crippen molar-refractivity contribution < 1.29 is 17.9 Å². The molecule has 0 aliphatic carbocycles. The Morgan fingerprint density at radius 2 is 1.68 bits per heavy atom. The lowest BCUT2D eigenvalue weighted by Gasteiger charge is -2.34. The van der Waals surface area contributed by atoms with Crippen molar-refractivity contribution in [2.75, 3.05) is 27.9 Å². The van der Waals surface area contributed by atoms with Crippen LogP contribution in [0.2, 0.25) is 0 Å². The quantitative estimate of drug-likeness (QED) is 0.352. The van der Waals surface area contributed by atoms with Crippen molar-refractivity contribution in [1.29, 1.82) is 0 Å². The minimum Gasteiger partial charge on any atom is -0.373 e. The molecule has 1 aliphatic rings. The first kappa shape index (κ1) is 16.8. The van der Waals surface area contributed by atoms with Crippen molar-refractivity contribution in [3.63, 3.8) is 0 Å². The average molecular weight is 288 g/mol. The number of hydrogen-bond acceptors (Lipinski definition) is 3. The third kappa shape index (κ3) is 4.38. The summed E-state index contributed by atoms with van der Waals surface area (Å²) in [5.74, 6) is 0. The monoisotopic (exact) mass is 288 g/mol. The van der Waals surface area contributed by atoms with E-state index in [0.29, 0.717) is 5.67 Å². The zero-order valence-electron chi connectivity index (χ0n) is 13.0. The summed E-state index contributed by atoms with van der Waals surface area (Å²) < 4.78 is 19.0. The third-order valence-corrected chi connectivity index (χ3v) is 7.14. The van der Waals surface area contributed by atoms with Crippen LogP contribution in [0.15, 0.2) is 0 Å². The maximum absolute atomic E-state index is 5.56. The van der Waals surface area contributed by atoms with E-state index < -0.39 is 8.80 Å². The number of nitrogens with zero attached hydrogens (tertiary/aromatic N) is 1. The predicted octanol–water partition coefficient (Wildman–Crippen LogP) is 2.62. The molecule has 5 heteroatoms. The van der Waals surface area contributed by atoms with E-state index in [0.717, 1.165) is 19.4 Å². The van der Waals surface area contributed by atoms with Gasteiger partial charge in [-0.3, -0.25) is 0 Å². The first-order valence-corrected chi connectivity index (χ1v) is 9.28. The second-order valence-corrected chi connectivity index (χ2v) is 8.24. The lowest BCUT2D eigenvalue weighted by Crippen LogP contribution is -2.64. The molecule has 1 fully saturated rings. The molecule has 0 spiro atoms. The molecule has 1 heterocycles. The zero-order chi connectivity index (χ0) is 14.1. The molecule has 0 aromatic heterocycles. The normalized spacial score (nSPS) is 21.7. The highest BCUT2D eigenvalue weighted by Crippen LogP contribution is 2.24. The Bertz CT molecular complexity index is 272. The highest BCUT2D eigenvalue weighted by molar-refractivity contribution is 6.62. The van der Waals surface area contributed by atoms with E-state index in [4.69, 9.17) is 13.3 Å². The van der Waals surface area contributed by atoms with Gasteiger partial charge in [-0.05, 0) is 6.42 Å². The third-order valence-electron chi connectivity index (χ3n) is 3.99. The van der Waals surface area contributed by atoms with E-state index in [-0.39, 0.29) is 0 Å². The van der Waals surface area contributed by atoms with Gasteiger partial charge in [0.2, 0.25) is 5.67 Å². The Labute approximate surface area is 119 Å². The molecule has 0 aromatic carbocycles. The summed E-state index contributed by atoms with van der Waals surface area (Å²) in [6, 6.07) is 0. The maximum Gasteiger partial charge on any atom is 0.572 e. The van der Waals surface area contributed by atoms with Crippen LogP contribution in [-0.2, 0) is 13.3 Å². The smallest absolute Gasteiger partial charge is 0.373 e. The van der Waals surface area contributed by atoms with Gasteiger partial charge in [0.05, 0.1) is 6.42 Å².